The van der Waals surface area contributed by atoms with Crippen molar-refractivity contribution in [2.45, 2.75) is 45.1 Å². The van der Waals surface area contributed by atoms with Crippen molar-refractivity contribution in [2.24, 2.45) is 0 Å². The number of pyridine rings is 1. The normalized spacial score (nSPS) is 18.9. The third-order valence-corrected chi connectivity index (χ3v) is 6.20. The zero-order chi connectivity index (χ0) is 21.8. The van der Waals surface area contributed by atoms with Crippen LogP contribution >= 0.6 is 0 Å². The van der Waals surface area contributed by atoms with E-state index in [2.05, 4.69) is 17.1 Å². The predicted molar refractivity (Wildman–Crippen MR) is 121 cm³/mol. The van der Waals surface area contributed by atoms with Gasteiger partial charge in [-0.1, -0.05) is 30.3 Å². The first-order valence-electron chi connectivity index (χ1n) is 10.8. The van der Waals surface area contributed by atoms with Gasteiger partial charge in [-0.2, -0.15) is 0 Å². The molecule has 1 atom stereocenters. The van der Waals surface area contributed by atoms with E-state index < -0.39 is 5.41 Å². The van der Waals surface area contributed by atoms with E-state index in [9.17, 15) is 9.59 Å². The number of hydrogen-bond acceptors (Lipinski definition) is 4. The smallest absolute Gasteiger partial charge is 0.232 e. The molecule has 2 aromatic carbocycles. The summed E-state index contributed by atoms with van der Waals surface area (Å²) in [4.78, 5) is 30.2. The number of ether oxygens (including phenoxy) is 1. The first-order valence-corrected chi connectivity index (χ1v) is 10.8. The minimum Gasteiger partial charge on any atom is -0.489 e. The van der Waals surface area contributed by atoms with E-state index in [0.29, 0.717) is 19.6 Å². The highest BCUT2D eigenvalue weighted by Crippen LogP contribution is 2.35. The largest absolute Gasteiger partial charge is 0.489 e. The van der Waals surface area contributed by atoms with Crippen LogP contribution in [0.5, 0.6) is 5.75 Å². The average Bonchev–Trinajstić information content (AvgIpc) is 2.78. The van der Waals surface area contributed by atoms with Crippen LogP contribution in [-0.2, 0) is 21.6 Å². The second kappa shape index (κ2) is 8.88. The number of hydrogen-bond donors (Lipinski definition) is 0. The van der Waals surface area contributed by atoms with Gasteiger partial charge in [0.2, 0.25) is 5.91 Å². The molecule has 31 heavy (non-hydrogen) atoms. The van der Waals surface area contributed by atoms with Crippen LogP contribution in [-0.4, -0.2) is 35.2 Å². The quantitative estimate of drug-likeness (QED) is 0.529. The standard InChI is InChI=1S/C26H28N2O3/c1-19-17-20(23-7-3-4-8-24(23)27-19)18-31-22-11-9-21(10-12-22)26(2)13-5-14-28(25(26)30)15-6-16-29/h3-4,7-12,16-17H,5-6,13-15,18H2,1-2H3. The van der Waals surface area contributed by atoms with Gasteiger partial charge in [-0.25, -0.2) is 0 Å². The van der Waals surface area contributed by atoms with Gasteiger partial charge >= 0.3 is 0 Å². The van der Waals surface area contributed by atoms with Crippen molar-refractivity contribution in [3.05, 3.63) is 71.4 Å². The Bertz CT molecular complexity index is 1090. The highest BCUT2D eigenvalue weighted by Gasteiger charge is 2.40. The van der Waals surface area contributed by atoms with Crippen molar-refractivity contribution in [3.63, 3.8) is 0 Å². The maximum Gasteiger partial charge on any atom is 0.232 e. The summed E-state index contributed by atoms with van der Waals surface area (Å²) in [6, 6.07) is 18.0. The molecule has 0 N–H and O–H groups in total. The number of fused-ring (bicyclic) bond motifs is 1. The Morgan fingerprint density at radius 2 is 1.94 bits per heavy atom. The van der Waals surface area contributed by atoms with Crippen LogP contribution in [0.4, 0.5) is 0 Å². The van der Waals surface area contributed by atoms with Crippen LogP contribution in [0.1, 0.15) is 43.0 Å². The summed E-state index contributed by atoms with van der Waals surface area (Å²) in [7, 11) is 0. The van der Waals surface area contributed by atoms with Gasteiger partial charge in [-0.15, -0.1) is 0 Å². The minimum absolute atomic E-state index is 0.105. The molecule has 160 valence electrons. The van der Waals surface area contributed by atoms with E-state index in [4.69, 9.17) is 4.74 Å². The number of carbonyl (C=O) groups excluding carboxylic acids is 2. The average molecular weight is 417 g/mol. The molecule has 0 saturated carbocycles. The van der Waals surface area contributed by atoms with E-state index in [1.165, 1.54) is 0 Å². The third-order valence-electron chi connectivity index (χ3n) is 6.20. The molecule has 5 nitrogen and oxygen atoms in total. The third kappa shape index (κ3) is 4.31. The molecule has 0 radical (unpaired) electrons. The zero-order valence-corrected chi connectivity index (χ0v) is 18.1. The number of para-hydroxylation sites is 1. The van der Waals surface area contributed by atoms with Gasteiger partial charge < -0.3 is 14.4 Å². The highest BCUT2D eigenvalue weighted by atomic mass is 16.5. The van der Waals surface area contributed by atoms with Crippen LogP contribution in [0, 0.1) is 6.92 Å². The summed E-state index contributed by atoms with van der Waals surface area (Å²) in [5.74, 6) is 0.875. The summed E-state index contributed by atoms with van der Waals surface area (Å²) in [5.41, 5.74) is 3.48. The molecule has 0 spiro atoms. The summed E-state index contributed by atoms with van der Waals surface area (Å²) < 4.78 is 6.07. The van der Waals surface area contributed by atoms with Crippen LogP contribution in [0.2, 0.25) is 0 Å². The Morgan fingerprint density at radius 1 is 1.16 bits per heavy atom. The molecule has 4 rings (SSSR count). The molecule has 2 heterocycles. The van der Waals surface area contributed by atoms with E-state index in [1.54, 1.807) is 0 Å². The second-order valence-electron chi connectivity index (χ2n) is 8.44. The van der Waals surface area contributed by atoms with Gasteiger partial charge in [0.15, 0.2) is 0 Å². The van der Waals surface area contributed by atoms with Gasteiger partial charge in [-0.3, -0.25) is 9.78 Å². The first-order chi connectivity index (χ1) is 15.0. The summed E-state index contributed by atoms with van der Waals surface area (Å²) >= 11 is 0. The van der Waals surface area contributed by atoms with Crippen LogP contribution in [0.3, 0.4) is 0 Å². The number of piperidine rings is 1. The van der Waals surface area contributed by atoms with Crippen LogP contribution < -0.4 is 4.74 Å². The fourth-order valence-corrected chi connectivity index (χ4v) is 4.46. The molecule has 0 aliphatic carbocycles. The molecular formula is C26H28N2O3. The SMILES string of the molecule is Cc1cc(COc2ccc(C3(C)CCCN(CCC=O)C3=O)cc2)c2ccccc2n1. The maximum atomic E-state index is 13.1. The van der Waals surface area contributed by atoms with E-state index in [1.807, 2.05) is 61.2 Å². The van der Waals surface area contributed by atoms with Gasteiger partial charge in [-0.05, 0) is 56.5 Å². The number of carbonyl (C=O) groups is 2. The number of amides is 1. The van der Waals surface area contributed by atoms with Crippen LogP contribution in [0.25, 0.3) is 10.9 Å². The van der Waals surface area contributed by atoms with E-state index >= 15 is 0 Å². The van der Waals surface area contributed by atoms with Crippen molar-refractivity contribution < 1.29 is 14.3 Å². The Labute approximate surface area is 183 Å². The van der Waals surface area contributed by atoms with Gasteiger partial charge in [0.1, 0.15) is 18.6 Å². The number of nitrogens with zero attached hydrogens (tertiary/aromatic N) is 2. The number of benzene rings is 2. The van der Waals surface area contributed by atoms with Crippen molar-refractivity contribution in [3.8, 4) is 5.75 Å². The molecule has 1 aromatic heterocycles. The fourth-order valence-electron chi connectivity index (χ4n) is 4.46. The topological polar surface area (TPSA) is 59.5 Å². The Morgan fingerprint density at radius 3 is 2.71 bits per heavy atom. The monoisotopic (exact) mass is 416 g/mol. The number of rotatable bonds is 7. The van der Waals surface area contributed by atoms with Crippen molar-refractivity contribution in [1.29, 1.82) is 0 Å². The van der Waals surface area contributed by atoms with Crippen molar-refractivity contribution in [1.82, 2.24) is 9.88 Å². The summed E-state index contributed by atoms with van der Waals surface area (Å²) in [5, 5.41) is 1.10. The van der Waals surface area contributed by atoms with Gasteiger partial charge in [0.25, 0.3) is 0 Å². The second-order valence-corrected chi connectivity index (χ2v) is 8.44. The lowest BCUT2D eigenvalue weighted by atomic mass is 9.75. The Balaban J connectivity index is 1.49. The fraction of sp³-hybridized carbons (Fsp3) is 0.346. The molecule has 1 fully saturated rings. The summed E-state index contributed by atoms with van der Waals surface area (Å²) in [6.45, 7) is 5.68. The van der Waals surface area contributed by atoms with Gasteiger partial charge in [0.05, 0.1) is 10.9 Å². The number of aldehydes is 1. The number of aromatic nitrogens is 1. The lowest BCUT2D eigenvalue weighted by molar-refractivity contribution is -0.140. The molecular weight excluding hydrogens is 388 g/mol. The first kappa shape index (κ1) is 21.0. The predicted octanol–water partition coefficient (Wildman–Crippen LogP) is 4.59. The Kier molecular flexibility index (Phi) is 6.03. The van der Waals surface area contributed by atoms with E-state index in [-0.39, 0.29) is 5.91 Å². The zero-order valence-electron chi connectivity index (χ0n) is 18.1. The molecule has 5 heteroatoms. The number of likely N-dealkylation sites (tertiary alicyclic amines) is 1. The van der Waals surface area contributed by atoms with E-state index in [0.717, 1.165) is 59.1 Å². The summed E-state index contributed by atoms with van der Waals surface area (Å²) in [6.07, 6.45) is 3.01. The number of aryl methyl sites for hydroxylation is 1. The molecule has 1 unspecified atom stereocenters. The Hall–Kier alpha value is -3.21. The minimum atomic E-state index is -0.557. The van der Waals surface area contributed by atoms with Crippen molar-refractivity contribution in [2.75, 3.05) is 13.1 Å². The lowest BCUT2D eigenvalue weighted by Crippen LogP contribution is -2.50. The molecule has 3 aromatic rings. The lowest BCUT2D eigenvalue weighted by Gasteiger charge is -2.39. The maximum absolute atomic E-state index is 13.1. The molecule has 1 saturated heterocycles. The molecule has 1 aliphatic rings. The molecule has 1 aliphatic heterocycles. The highest BCUT2D eigenvalue weighted by molar-refractivity contribution is 5.88. The van der Waals surface area contributed by atoms with Crippen LogP contribution in [0.15, 0.2) is 54.6 Å². The molecule has 1 amide bonds. The van der Waals surface area contributed by atoms with Gasteiger partial charge in [0, 0.05) is 36.2 Å². The molecule has 0 bridgehead atoms. The van der Waals surface area contributed by atoms with Crippen molar-refractivity contribution >= 4 is 23.1 Å².